The van der Waals surface area contributed by atoms with E-state index in [2.05, 4.69) is 5.10 Å². The van der Waals surface area contributed by atoms with Crippen LogP contribution >= 0.6 is 0 Å². The fourth-order valence-corrected chi connectivity index (χ4v) is 3.91. The molecule has 1 aromatic carbocycles. The van der Waals surface area contributed by atoms with Gasteiger partial charge < -0.3 is 9.64 Å². The number of amides is 1. The predicted octanol–water partition coefficient (Wildman–Crippen LogP) is 2.75. The molecule has 1 aliphatic rings. The molecule has 0 aliphatic heterocycles. The molecule has 0 saturated heterocycles. The molecule has 1 fully saturated rings. The Bertz CT molecular complexity index is 915. The highest BCUT2D eigenvalue weighted by atomic mass is 16.5. The van der Waals surface area contributed by atoms with Gasteiger partial charge in [0, 0.05) is 24.5 Å². The number of aromatic nitrogens is 2. The van der Waals surface area contributed by atoms with Crippen molar-refractivity contribution in [2.24, 2.45) is 0 Å². The summed E-state index contributed by atoms with van der Waals surface area (Å²) in [5.74, 6) is -0.873. The van der Waals surface area contributed by atoms with Gasteiger partial charge in [-0.05, 0) is 32.8 Å². The molecular formula is C21H27N3O4. The van der Waals surface area contributed by atoms with Crippen LogP contribution in [0.2, 0.25) is 0 Å². The van der Waals surface area contributed by atoms with Crippen LogP contribution in [0.4, 0.5) is 0 Å². The van der Waals surface area contributed by atoms with Gasteiger partial charge in [0.15, 0.2) is 12.3 Å². The smallest absolute Gasteiger partial charge is 0.359 e. The molecular weight excluding hydrogens is 358 g/mol. The molecule has 0 spiro atoms. The minimum atomic E-state index is -0.688. The van der Waals surface area contributed by atoms with Crippen LogP contribution < -0.4 is 5.56 Å². The normalized spacial score (nSPS) is 14.8. The molecule has 1 heterocycles. The van der Waals surface area contributed by atoms with Crippen LogP contribution in [-0.2, 0) is 16.1 Å². The summed E-state index contributed by atoms with van der Waals surface area (Å²) in [5.41, 5.74) is -0.189. The highest BCUT2D eigenvalue weighted by Crippen LogP contribution is 2.22. The molecule has 1 aliphatic carbocycles. The Hall–Kier alpha value is -2.70. The first-order chi connectivity index (χ1) is 13.6. The second-order valence-corrected chi connectivity index (χ2v) is 7.06. The molecule has 7 heteroatoms. The number of aryl methyl sites for hydroxylation is 1. The minimum absolute atomic E-state index is 0.0607. The molecule has 0 unspecified atom stereocenters. The van der Waals surface area contributed by atoms with Crippen LogP contribution in [-0.4, -0.2) is 45.8 Å². The number of esters is 1. The summed E-state index contributed by atoms with van der Waals surface area (Å²) in [5, 5.41) is 5.01. The lowest BCUT2D eigenvalue weighted by atomic mass is 9.94. The average Bonchev–Trinajstić information content (AvgIpc) is 2.74. The highest BCUT2D eigenvalue weighted by molar-refractivity contribution is 6.02. The standard InChI is InChI=1S/C21H27N3O4/c1-3-23(15-10-6-5-7-11-15)18(25)14-28-21(27)19-16-12-8-9-13-17(16)20(26)24(4-2)22-19/h8-9,12-13,15H,3-7,10-11,14H2,1-2H3. The Morgan fingerprint density at radius 2 is 1.82 bits per heavy atom. The SMILES string of the molecule is CCN(C(=O)COC(=O)c1nn(CC)c(=O)c2ccccc12)C1CCCCC1. The first-order valence-electron chi connectivity index (χ1n) is 10.0. The fraction of sp³-hybridized carbons (Fsp3) is 0.524. The number of nitrogens with zero attached hydrogens (tertiary/aromatic N) is 3. The fourth-order valence-electron chi connectivity index (χ4n) is 3.91. The van der Waals surface area contributed by atoms with Gasteiger partial charge in [-0.25, -0.2) is 9.48 Å². The monoisotopic (exact) mass is 385 g/mol. The number of rotatable bonds is 6. The number of carbonyl (C=O) groups excluding carboxylic acids is 2. The molecule has 0 bridgehead atoms. The molecule has 1 saturated carbocycles. The largest absolute Gasteiger partial charge is 0.451 e. The van der Waals surface area contributed by atoms with E-state index >= 15 is 0 Å². The third-order valence-electron chi connectivity index (χ3n) is 5.36. The van der Waals surface area contributed by atoms with E-state index in [0.717, 1.165) is 25.7 Å². The summed E-state index contributed by atoms with van der Waals surface area (Å²) in [6, 6.07) is 7.04. The van der Waals surface area contributed by atoms with Gasteiger partial charge in [0.25, 0.3) is 11.5 Å². The van der Waals surface area contributed by atoms with Crippen molar-refractivity contribution in [3.8, 4) is 0 Å². The van der Waals surface area contributed by atoms with E-state index in [1.54, 1.807) is 31.2 Å². The summed E-state index contributed by atoms with van der Waals surface area (Å²) < 4.78 is 6.54. The van der Waals surface area contributed by atoms with Gasteiger partial charge in [-0.2, -0.15) is 5.10 Å². The van der Waals surface area contributed by atoms with Crippen LogP contribution in [0.5, 0.6) is 0 Å². The molecule has 1 aromatic heterocycles. The van der Waals surface area contributed by atoms with Gasteiger partial charge in [-0.3, -0.25) is 9.59 Å². The zero-order valence-electron chi connectivity index (χ0n) is 16.5. The summed E-state index contributed by atoms with van der Waals surface area (Å²) >= 11 is 0. The zero-order chi connectivity index (χ0) is 20.1. The van der Waals surface area contributed by atoms with E-state index in [4.69, 9.17) is 4.74 Å². The topological polar surface area (TPSA) is 81.5 Å². The molecule has 0 atom stereocenters. The number of fused-ring (bicyclic) bond motifs is 1. The second kappa shape index (κ2) is 8.99. The first kappa shape index (κ1) is 20.0. The van der Waals surface area contributed by atoms with Crippen molar-refractivity contribution in [2.75, 3.05) is 13.2 Å². The molecule has 7 nitrogen and oxygen atoms in total. The van der Waals surface area contributed by atoms with E-state index in [1.165, 1.54) is 11.1 Å². The minimum Gasteiger partial charge on any atom is -0.451 e. The number of hydrogen-bond donors (Lipinski definition) is 0. The van der Waals surface area contributed by atoms with Crippen molar-refractivity contribution < 1.29 is 14.3 Å². The van der Waals surface area contributed by atoms with Crippen LogP contribution in [0, 0.1) is 0 Å². The number of likely N-dealkylation sites (N-methyl/N-ethyl adjacent to an activating group) is 1. The zero-order valence-corrected chi connectivity index (χ0v) is 16.5. The Morgan fingerprint density at radius 1 is 1.14 bits per heavy atom. The molecule has 0 radical (unpaired) electrons. The first-order valence-corrected chi connectivity index (χ1v) is 10.0. The molecule has 1 amide bonds. The van der Waals surface area contributed by atoms with Crippen LogP contribution in [0.3, 0.4) is 0 Å². The number of benzene rings is 1. The quantitative estimate of drug-likeness (QED) is 0.714. The lowest BCUT2D eigenvalue weighted by Crippen LogP contribution is -2.43. The molecule has 3 rings (SSSR count). The maximum absolute atomic E-state index is 12.7. The Labute approximate surface area is 164 Å². The van der Waals surface area contributed by atoms with Gasteiger partial charge in [-0.1, -0.05) is 37.5 Å². The molecule has 0 N–H and O–H groups in total. The van der Waals surface area contributed by atoms with E-state index in [9.17, 15) is 14.4 Å². The van der Waals surface area contributed by atoms with Crippen molar-refractivity contribution in [3.05, 3.63) is 40.3 Å². The van der Waals surface area contributed by atoms with E-state index < -0.39 is 5.97 Å². The molecule has 2 aromatic rings. The predicted molar refractivity (Wildman–Crippen MR) is 106 cm³/mol. The van der Waals surface area contributed by atoms with E-state index in [0.29, 0.717) is 23.9 Å². The summed E-state index contributed by atoms with van der Waals surface area (Å²) in [6.07, 6.45) is 5.47. The van der Waals surface area contributed by atoms with Crippen LogP contribution in [0.15, 0.2) is 29.1 Å². The molecule has 28 heavy (non-hydrogen) atoms. The average molecular weight is 385 g/mol. The van der Waals surface area contributed by atoms with Crippen LogP contribution in [0.1, 0.15) is 56.4 Å². The number of hydrogen-bond acceptors (Lipinski definition) is 5. The van der Waals surface area contributed by atoms with Crippen molar-refractivity contribution >= 4 is 22.6 Å². The van der Waals surface area contributed by atoms with E-state index in [1.807, 2.05) is 11.8 Å². The summed E-state index contributed by atoms with van der Waals surface area (Å²) in [6.45, 7) is 4.35. The van der Waals surface area contributed by atoms with Crippen LogP contribution in [0.25, 0.3) is 10.8 Å². The number of ether oxygens (including phenoxy) is 1. The van der Waals surface area contributed by atoms with Gasteiger partial charge in [0.05, 0.1) is 5.39 Å². The van der Waals surface area contributed by atoms with Crippen molar-refractivity contribution in [2.45, 2.75) is 58.5 Å². The lowest BCUT2D eigenvalue weighted by Gasteiger charge is -2.33. The Balaban J connectivity index is 1.77. The van der Waals surface area contributed by atoms with Crippen molar-refractivity contribution in [1.82, 2.24) is 14.7 Å². The molecule has 150 valence electrons. The Kier molecular flexibility index (Phi) is 6.44. The second-order valence-electron chi connectivity index (χ2n) is 7.06. The Morgan fingerprint density at radius 3 is 2.46 bits per heavy atom. The maximum Gasteiger partial charge on any atom is 0.359 e. The lowest BCUT2D eigenvalue weighted by molar-refractivity contribution is -0.137. The number of carbonyl (C=O) groups is 2. The summed E-state index contributed by atoms with van der Waals surface area (Å²) in [7, 11) is 0. The third-order valence-corrected chi connectivity index (χ3v) is 5.36. The third kappa shape index (κ3) is 4.08. The highest BCUT2D eigenvalue weighted by Gasteiger charge is 2.25. The van der Waals surface area contributed by atoms with Gasteiger partial charge in [0.1, 0.15) is 0 Å². The maximum atomic E-state index is 12.7. The van der Waals surface area contributed by atoms with Gasteiger partial charge in [0.2, 0.25) is 0 Å². The summed E-state index contributed by atoms with van der Waals surface area (Å²) in [4.78, 5) is 39.5. The van der Waals surface area contributed by atoms with Crippen molar-refractivity contribution in [1.29, 1.82) is 0 Å². The van der Waals surface area contributed by atoms with Crippen molar-refractivity contribution in [3.63, 3.8) is 0 Å². The van der Waals surface area contributed by atoms with Gasteiger partial charge >= 0.3 is 5.97 Å². The van der Waals surface area contributed by atoms with E-state index in [-0.39, 0.29) is 29.8 Å². The van der Waals surface area contributed by atoms with Gasteiger partial charge in [-0.15, -0.1) is 0 Å².